The zero-order valence-corrected chi connectivity index (χ0v) is 10.9. The molecule has 1 aromatic rings. The van der Waals surface area contributed by atoms with Crippen molar-refractivity contribution in [3.63, 3.8) is 0 Å². The monoisotopic (exact) mass is 291 g/mol. The number of halogens is 3. The first-order chi connectivity index (χ1) is 9.28. The Morgan fingerprint density at radius 2 is 2.10 bits per heavy atom. The molecule has 0 atom stereocenters. The van der Waals surface area contributed by atoms with Crippen LogP contribution in [-0.4, -0.2) is 43.9 Å². The van der Waals surface area contributed by atoms with Gasteiger partial charge in [-0.15, -0.1) is 0 Å². The molecule has 0 aromatic heterocycles. The molecule has 4 N–H and O–H groups in total. The lowest BCUT2D eigenvalue weighted by Crippen LogP contribution is -2.36. The fourth-order valence-corrected chi connectivity index (χ4v) is 1.75. The molecule has 0 aliphatic carbocycles. The molecule has 0 spiro atoms. The van der Waals surface area contributed by atoms with Crippen LogP contribution in [0.25, 0.3) is 0 Å². The van der Waals surface area contributed by atoms with Crippen molar-refractivity contribution in [3.8, 4) is 0 Å². The Labute approximate surface area is 114 Å². The molecule has 1 amide bonds. The molecule has 0 saturated carbocycles. The number of anilines is 2. The van der Waals surface area contributed by atoms with Crippen LogP contribution >= 0.6 is 0 Å². The summed E-state index contributed by atoms with van der Waals surface area (Å²) in [6.45, 7) is -1.87. The number of aliphatic hydroxyl groups is 1. The number of nitrogens with two attached hydrogens (primary N) is 1. The number of nitrogens with one attached hydrogen (secondary N) is 1. The van der Waals surface area contributed by atoms with Gasteiger partial charge in [0.2, 0.25) is 0 Å². The van der Waals surface area contributed by atoms with Crippen LogP contribution in [0.2, 0.25) is 0 Å². The summed E-state index contributed by atoms with van der Waals surface area (Å²) < 4.78 is 37.4. The maximum absolute atomic E-state index is 12.5. The molecule has 0 saturated heterocycles. The number of benzene rings is 1. The van der Waals surface area contributed by atoms with E-state index < -0.39 is 19.3 Å². The number of rotatable bonds is 5. The number of hydrogen-bond donors (Lipinski definition) is 3. The Hall–Kier alpha value is -1.96. The molecule has 0 heterocycles. The lowest BCUT2D eigenvalue weighted by atomic mass is 10.1. The fraction of sp³-hybridized carbons (Fsp3) is 0.417. The van der Waals surface area contributed by atoms with Crippen molar-refractivity contribution < 1.29 is 23.1 Å². The van der Waals surface area contributed by atoms with E-state index in [-0.39, 0.29) is 29.4 Å². The smallest absolute Gasteiger partial charge is 0.397 e. The quantitative estimate of drug-likeness (QED) is 0.707. The SMILES string of the molecule is CNC(=O)c1ccc(N(CCO)CC(F)(F)F)c(N)c1. The van der Waals surface area contributed by atoms with Crippen molar-refractivity contribution in [1.82, 2.24) is 5.32 Å². The van der Waals surface area contributed by atoms with Gasteiger partial charge in [0.1, 0.15) is 6.54 Å². The average molecular weight is 291 g/mol. The van der Waals surface area contributed by atoms with E-state index in [2.05, 4.69) is 5.32 Å². The highest BCUT2D eigenvalue weighted by Gasteiger charge is 2.31. The first-order valence-corrected chi connectivity index (χ1v) is 5.82. The molecule has 0 aliphatic heterocycles. The molecule has 20 heavy (non-hydrogen) atoms. The molecule has 0 fully saturated rings. The number of alkyl halides is 3. The van der Waals surface area contributed by atoms with Crippen LogP contribution < -0.4 is 16.0 Å². The second-order valence-corrected chi connectivity index (χ2v) is 4.11. The summed E-state index contributed by atoms with van der Waals surface area (Å²) in [5.74, 6) is -0.382. The first kappa shape index (κ1) is 16.1. The standard InChI is InChI=1S/C12H16F3N3O2/c1-17-11(20)8-2-3-10(9(16)6-8)18(4-5-19)7-12(13,14)15/h2-3,6,19H,4-5,7,16H2,1H3,(H,17,20). The third-order valence-electron chi connectivity index (χ3n) is 2.60. The molecular weight excluding hydrogens is 275 g/mol. The Balaban J connectivity index is 3.05. The van der Waals surface area contributed by atoms with Crippen molar-refractivity contribution in [3.05, 3.63) is 23.8 Å². The van der Waals surface area contributed by atoms with Gasteiger partial charge in [-0.05, 0) is 18.2 Å². The first-order valence-electron chi connectivity index (χ1n) is 5.82. The van der Waals surface area contributed by atoms with E-state index in [0.717, 1.165) is 4.90 Å². The van der Waals surface area contributed by atoms with Gasteiger partial charge >= 0.3 is 6.18 Å². The van der Waals surface area contributed by atoms with Crippen molar-refractivity contribution in [2.45, 2.75) is 6.18 Å². The second kappa shape index (κ2) is 6.47. The molecule has 1 rings (SSSR count). The van der Waals surface area contributed by atoms with Gasteiger partial charge in [-0.1, -0.05) is 0 Å². The number of hydrogen-bond acceptors (Lipinski definition) is 4. The van der Waals surface area contributed by atoms with Gasteiger partial charge in [0.05, 0.1) is 18.0 Å². The van der Waals surface area contributed by atoms with Gasteiger partial charge in [-0.3, -0.25) is 4.79 Å². The highest BCUT2D eigenvalue weighted by Crippen LogP contribution is 2.27. The molecule has 8 heteroatoms. The van der Waals surface area contributed by atoms with Crippen molar-refractivity contribution in [2.24, 2.45) is 0 Å². The summed E-state index contributed by atoms with van der Waals surface area (Å²) in [7, 11) is 1.44. The third-order valence-corrected chi connectivity index (χ3v) is 2.60. The Morgan fingerprint density at radius 3 is 2.55 bits per heavy atom. The molecule has 0 bridgehead atoms. The number of nitrogens with zero attached hydrogens (tertiary/aromatic N) is 1. The minimum Gasteiger partial charge on any atom is -0.397 e. The molecule has 112 valence electrons. The van der Waals surface area contributed by atoms with Crippen molar-refractivity contribution in [2.75, 3.05) is 37.4 Å². The highest BCUT2D eigenvalue weighted by atomic mass is 19.4. The number of nitrogen functional groups attached to an aromatic ring is 1. The maximum Gasteiger partial charge on any atom is 0.405 e. The van der Waals surface area contributed by atoms with E-state index in [4.69, 9.17) is 10.8 Å². The summed E-state index contributed by atoms with van der Waals surface area (Å²) in [5.41, 5.74) is 6.12. The van der Waals surface area contributed by atoms with E-state index >= 15 is 0 Å². The highest BCUT2D eigenvalue weighted by molar-refractivity contribution is 5.96. The molecule has 1 aromatic carbocycles. The second-order valence-electron chi connectivity index (χ2n) is 4.11. The summed E-state index contributed by atoms with van der Waals surface area (Å²) in [6.07, 6.45) is -4.42. The van der Waals surface area contributed by atoms with Gasteiger partial charge in [-0.25, -0.2) is 0 Å². The average Bonchev–Trinajstić information content (AvgIpc) is 2.35. The molecule has 0 radical (unpaired) electrons. The van der Waals surface area contributed by atoms with Gasteiger partial charge in [-0.2, -0.15) is 13.2 Å². The number of aliphatic hydroxyl groups excluding tert-OH is 1. The molecular formula is C12H16F3N3O2. The topological polar surface area (TPSA) is 78.6 Å². The maximum atomic E-state index is 12.5. The number of carbonyl (C=O) groups excluding carboxylic acids is 1. The minimum atomic E-state index is -4.42. The molecule has 5 nitrogen and oxygen atoms in total. The van der Waals surface area contributed by atoms with Crippen LogP contribution in [0.4, 0.5) is 24.5 Å². The normalized spacial score (nSPS) is 11.2. The molecule has 0 unspecified atom stereocenters. The summed E-state index contributed by atoms with van der Waals surface area (Å²) in [5, 5.41) is 11.2. The number of amides is 1. The van der Waals surface area contributed by atoms with Crippen molar-refractivity contribution >= 4 is 17.3 Å². The van der Waals surface area contributed by atoms with E-state index in [9.17, 15) is 18.0 Å². The van der Waals surface area contributed by atoms with Gasteiger partial charge in [0, 0.05) is 19.2 Å². The Bertz CT molecular complexity index is 478. The number of carbonyl (C=O) groups is 1. The van der Waals surface area contributed by atoms with Crippen LogP contribution in [0.3, 0.4) is 0 Å². The fourth-order valence-electron chi connectivity index (χ4n) is 1.75. The summed E-state index contributed by atoms with van der Waals surface area (Å²) in [6, 6.07) is 4.02. The lowest BCUT2D eigenvalue weighted by Gasteiger charge is -2.26. The summed E-state index contributed by atoms with van der Waals surface area (Å²) >= 11 is 0. The van der Waals surface area contributed by atoms with Crippen molar-refractivity contribution in [1.29, 1.82) is 0 Å². The third kappa shape index (κ3) is 4.30. The van der Waals surface area contributed by atoms with Gasteiger partial charge in [0.15, 0.2) is 0 Å². The van der Waals surface area contributed by atoms with Crippen LogP contribution in [0, 0.1) is 0 Å². The largest absolute Gasteiger partial charge is 0.405 e. The molecule has 0 aliphatic rings. The van der Waals surface area contributed by atoms with Crippen LogP contribution in [-0.2, 0) is 0 Å². The predicted octanol–water partition coefficient (Wildman–Crippen LogP) is 0.989. The van der Waals surface area contributed by atoms with Gasteiger partial charge < -0.3 is 21.1 Å². The lowest BCUT2D eigenvalue weighted by molar-refractivity contribution is -0.119. The van der Waals surface area contributed by atoms with E-state index in [1.54, 1.807) is 0 Å². The van der Waals surface area contributed by atoms with E-state index in [0.29, 0.717) is 0 Å². The van der Waals surface area contributed by atoms with Crippen LogP contribution in [0.5, 0.6) is 0 Å². The van der Waals surface area contributed by atoms with Crippen LogP contribution in [0.1, 0.15) is 10.4 Å². The van der Waals surface area contributed by atoms with E-state index in [1.807, 2.05) is 0 Å². The summed E-state index contributed by atoms with van der Waals surface area (Å²) in [4.78, 5) is 12.3. The Morgan fingerprint density at radius 1 is 1.45 bits per heavy atom. The van der Waals surface area contributed by atoms with E-state index in [1.165, 1.54) is 25.2 Å². The van der Waals surface area contributed by atoms with Crippen LogP contribution in [0.15, 0.2) is 18.2 Å². The van der Waals surface area contributed by atoms with Gasteiger partial charge in [0.25, 0.3) is 5.91 Å². The zero-order chi connectivity index (χ0) is 15.3. The predicted molar refractivity (Wildman–Crippen MR) is 69.6 cm³/mol. The zero-order valence-electron chi connectivity index (χ0n) is 10.9. The minimum absolute atomic E-state index is 0.0452. The Kier molecular flexibility index (Phi) is 5.20.